The molecule has 0 saturated carbocycles. The van der Waals surface area contributed by atoms with Crippen molar-refractivity contribution in [2.45, 2.75) is 17.8 Å². The van der Waals surface area contributed by atoms with E-state index in [0.717, 1.165) is 16.6 Å². The third kappa shape index (κ3) is 3.65. The number of sulfone groups is 1. The molecule has 4 nitrogen and oxygen atoms in total. The van der Waals surface area contributed by atoms with Crippen LogP contribution in [-0.2, 0) is 15.6 Å². The molecule has 3 aromatic rings. The third-order valence-corrected chi connectivity index (χ3v) is 8.42. The van der Waals surface area contributed by atoms with E-state index in [2.05, 4.69) is 41.3 Å². The Hall–Kier alpha value is -2.02. The molecule has 29 heavy (non-hydrogen) atoms. The monoisotopic (exact) mass is 442 g/mol. The topological polar surface area (TPSA) is 49.7 Å². The molecule has 2 heterocycles. The molecule has 2 atom stereocenters. The van der Waals surface area contributed by atoms with Gasteiger partial charge in [0.2, 0.25) is 0 Å². The summed E-state index contributed by atoms with van der Waals surface area (Å²) in [5, 5.41) is 3.99. The SMILES string of the molecule is O=S1(=O)C[C@@H]2N=C(SCc3cccc4ccccc34)N(c3ccc(Cl)cc3)[C@H]2C1. The molecule has 0 unspecified atom stereocenters. The van der Waals surface area contributed by atoms with Crippen molar-refractivity contribution >= 4 is 54.8 Å². The lowest BCUT2D eigenvalue weighted by Gasteiger charge is -2.26. The molecular weight excluding hydrogens is 424 g/mol. The Morgan fingerprint density at radius 3 is 2.59 bits per heavy atom. The number of amidine groups is 1. The molecule has 5 rings (SSSR count). The maximum absolute atomic E-state index is 12.2. The van der Waals surface area contributed by atoms with E-state index in [1.165, 1.54) is 16.3 Å². The summed E-state index contributed by atoms with van der Waals surface area (Å²) in [5.41, 5.74) is 2.18. The van der Waals surface area contributed by atoms with E-state index < -0.39 is 9.84 Å². The fourth-order valence-corrected chi connectivity index (χ4v) is 7.19. The van der Waals surface area contributed by atoms with Gasteiger partial charge in [-0.1, -0.05) is 65.8 Å². The predicted octanol–water partition coefficient (Wildman–Crippen LogP) is 4.77. The maximum atomic E-state index is 12.2. The molecule has 0 bridgehead atoms. The van der Waals surface area contributed by atoms with Crippen LogP contribution in [0.15, 0.2) is 71.7 Å². The van der Waals surface area contributed by atoms with Gasteiger partial charge in [-0.2, -0.15) is 0 Å². The average Bonchev–Trinajstić information content (AvgIpc) is 3.18. The summed E-state index contributed by atoms with van der Waals surface area (Å²) in [5.74, 6) is 1.04. The second-order valence-corrected chi connectivity index (χ2v) is 10.9. The van der Waals surface area contributed by atoms with Gasteiger partial charge in [-0.3, -0.25) is 4.99 Å². The molecule has 7 heteroatoms. The Balaban J connectivity index is 1.46. The third-order valence-electron chi connectivity index (χ3n) is 5.45. The highest BCUT2D eigenvalue weighted by atomic mass is 35.5. The number of hydrogen-bond donors (Lipinski definition) is 0. The zero-order chi connectivity index (χ0) is 20.0. The second kappa shape index (κ2) is 7.35. The zero-order valence-corrected chi connectivity index (χ0v) is 17.9. The van der Waals surface area contributed by atoms with Gasteiger partial charge in [0.15, 0.2) is 15.0 Å². The highest BCUT2D eigenvalue weighted by molar-refractivity contribution is 8.13. The molecule has 3 aromatic carbocycles. The minimum Gasteiger partial charge on any atom is -0.315 e. The van der Waals surface area contributed by atoms with Crippen LogP contribution >= 0.6 is 23.4 Å². The van der Waals surface area contributed by atoms with Gasteiger partial charge in [0.05, 0.1) is 23.6 Å². The molecule has 0 spiro atoms. The minimum absolute atomic E-state index is 0.125. The Kier molecular flexibility index (Phi) is 4.81. The number of rotatable bonds is 3. The molecule has 0 aliphatic carbocycles. The first-order valence-corrected chi connectivity index (χ1v) is 12.6. The van der Waals surface area contributed by atoms with Crippen LogP contribution in [0.5, 0.6) is 0 Å². The van der Waals surface area contributed by atoms with Gasteiger partial charge in [-0.15, -0.1) is 0 Å². The minimum atomic E-state index is -3.06. The van der Waals surface area contributed by atoms with Crippen LogP contribution in [0.3, 0.4) is 0 Å². The molecular formula is C22H19ClN2O2S2. The Bertz CT molecular complexity index is 1200. The van der Waals surface area contributed by atoms with E-state index in [9.17, 15) is 8.42 Å². The quantitative estimate of drug-likeness (QED) is 0.586. The number of hydrogen-bond acceptors (Lipinski definition) is 5. The maximum Gasteiger partial charge on any atom is 0.164 e. The van der Waals surface area contributed by atoms with Gasteiger partial charge in [-0.05, 0) is 40.6 Å². The van der Waals surface area contributed by atoms with E-state index in [4.69, 9.17) is 16.6 Å². The number of thioether (sulfide) groups is 1. The molecule has 0 amide bonds. The first-order valence-electron chi connectivity index (χ1n) is 9.43. The van der Waals surface area contributed by atoms with Crippen molar-refractivity contribution in [1.29, 1.82) is 0 Å². The van der Waals surface area contributed by atoms with Crippen LogP contribution in [-0.4, -0.2) is 37.2 Å². The van der Waals surface area contributed by atoms with Crippen molar-refractivity contribution in [3.63, 3.8) is 0 Å². The smallest absolute Gasteiger partial charge is 0.164 e. The summed E-state index contributed by atoms with van der Waals surface area (Å²) in [7, 11) is -3.06. The van der Waals surface area contributed by atoms with Gasteiger partial charge in [0, 0.05) is 16.5 Å². The van der Waals surface area contributed by atoms with Gasteiger partial charge < -0.3 is 4.90 Å². The molecule has 1 saturated heterocycles. The fraction of sp³-hybridized carbons (Fsp3) is 0.227. The molecule has 2 aliphatic heterocycles. The predicted molar refractivity (Wildman–Crippen MR) is 123 cm³/mol. The number of benzene rings is 3. The van der Waals surface area contributed by atoms with Crippen LogP contribution in [0.25, 0.3) is 10.8 Å². The number of halogens is 1. The molecule has 0 N–H and O–H groups in total. The van der Waals surface area contributed by atoms with E-state index in [1.807, 2.05) is 30.3 Å². The highest BCUT2D eigenvalue weighted by Crippen LogP contribution is 2.36. The van der Waals surface area contributed by atoms with Crippen LogP contribution in [0.4, 0.5) is 5.69 Å². The Morgan fingerprint density at radius 1 is 1.00 bits per heavy atom. The van der Waals surface area contributed by atoms with Crippen molar-refractivity contribution in [2.24, 2.45) is 4.99 Å². The van der Waals surface area contributed by atoms with Crippen LogP contribution in [0.2, 0.25) is 5.02 Å². The fourth-order valence-electron chi connectivity index (χ4n) is 4.10. The number of nitrogens with zero attached hydrogens (tertiary/aromatic N) is 2. The van der Waals surface area contributed by atoms with Gasteiger partial charge >= 0.3 is 0 Å². The van der Waals surface area contributed by atoms with E-state index in [0.29, 0.717) is 5.02 Å². The molecule has 0 radical (unpaired) electrons. The molecule has 148 valence electrons. The normalized spacial score (nSPS) is 22.7. The molecule has 2 aliphatic rings. The van der Waals surface area contributed by atoms with Crippen molar-refractivity contribution in [3.8, 4) is 0 Å². The Morgan fingerprint density at radius 2 is 1.76 bits per heavy atom. The largest absolute Gasteiger partial charge is 0.315 e. The highest BCUT2D eigenvalue weighted by Gasteiger charge is 2.47. The van der Waals surface area contributed by atoms with Gasteiger partial charge in [-0.25, -0.2) is 8.42 Å². The first kappa shape index (κ1) is 19.0. The van der Waals surface area contributed by atoms with Crippen LogP contribution in [0, 0.1) is 0 Å². The number of fused-ring (bicyclic) bond motifs is 2. The van der Waals surface area contributed by atoms with Crippen molar-refractivity contribution in [1.82, 2.24) is 0 Å². The summed E-state index contributed by atoms with van der Waals surface area (Å²) in [6, 6.07) is 21.9. The first-order chi connectivity index (χ1) is 14.0. The lowest BCUT2D eigenvalue weighted by atomic mass is 10.1. The Labute approximate surface area is 179 Å². The second-order valence-electron chi connectivity index (χ2n) is 7.40. The van der Waals surface area contributed by atoms with E-state index in [1.54, 1.807) is 11.8 Å². The summed E-state index contributed by atoms with van der Waals surface area (Å²) >= 11 is 7.72. The van der Waals surface area contributed by atoms with Crippen LogP contribution in [0.1, 0.15) is 5.56 Å². The number of aliphatic imine (C=N–C) groups is 1. The summed E-state index contributed by atoms with van der Waals surface area (Å²) in [4.78, 5) is 6.90. The number of anilines is 1. The zero-order valence-electron chi connectivity index (χ0n) is 15.5. The van der Waals surface area contributed by atoms with Gasteiger partial charge in [0.1, 0.15) is 0 Å². The van der Waals surface area contributed by atoms with E-state index >= 15 is 0 Å². The average molecular weight is 443 g/mol. The van der Waals surface area contributed by atoms with Crippen molar-refractivity contribution in [3.05, 3.63) is 77.3 Å². The van der Waals surface area contributed by atoms with Crippen molar-refractivity contribution < 1.29 is 8.42 Å². The van der Waals surface area contributed by atoms with E-state index in [-0.39, 0.29) is 23.6 Å². The van der Waals surface area contributed by atoms with Crippen molar-refractivity contribution in [2.75, 3.05) is 16.4 Å². The lowest BCUT2D eigenvalue weighted by Crippen LogP contribution is -2.39. The van der Waals surface area contributed by atoms with Gasteiger partial charge in [0.25, 0.3) is 0 Å². The molecule has 1 fully saturated rings. The summed E-state index contributed by atoms with van der Waals surface area (Å²) in [6.07, 6.45) is 0. The molecule has 0 aromatic heterocycles. The lowest BCUT2D eigenvalue weighted by molar-refractivity contribution is 0.601. The van der Waals surface area contributed by atoms with Crippen LogP contribution < -0.4 is 4.90 Å². The standard InChI is InChI=1S/C22H19ClN2O2S2/c23-17-8-10-18(11-9-17)25-21-14-29(26,27)13-20(21)24-22(25)28-12-16-6-3-5-15-4-1-2-7-19(15)16/h1-11,20-21H,12-14H2/t20-,21-/m0/s1. The summed E-state index contributed by atoms with van der Waals surface area (Å²) in [6.45, 7) is 0. The summed E-state index contributed by atoms with van der Waals surface area (Å²) < 4.78 is 24.4.